The summed E-state index contributed by atoms with van der Waals surface area (Å²) in [6.07, 6.45) is 3.32. The smallest absolute Gasteiger partial charge is 0.326 e. The highest BCUT2D eigenvalue weighted by atomic mass is 16.4. The molecule has 17 atom stereocenters. The molecule has 5 heterocycles. The predicted octanol–water partition coefficient (Wildman–Crippen LogP) is -9.58. The van der Waals surface area contributed by atoms with E-state index in [-0.39, 0.29) is 274 Å². The number of nitrogens with zero attached hydrogens (tertiary/aromatic N) is 5. The van der Waals surface area contributed by atoms with Crippen LogP contribution in [0.1, 0.15) is 214 Å². The summed E-state index contributed by atoms with van der Waals surface area (Å²) in [7, 11) is 0. The van der Waals surface area contributed by atoms with Gasteiger partial charge < -0.3 is 177 Å². The van der Waals surface area contributed by atoms with Crippen LogP contribution in [-0.4, -0.2) is 354 Å². The van der Waals surface area contributed by atoms with Crippen LogP contribution in [-0.2, 0) is 76.7 Å². The zero-order valence-electron chi connectivity index (χ0n) is 83.8. The summed E-state index contributed by atoms with van der Waals surface area (Å²) >= 11 is 0. The molecule has 0 bridgehead atoms. The van der Waals surface area contributed by atoms with Gasteiger partial charge in [-0.1, -0.05) is 34.1 Å². The maximum atomic E-state index is 15.3. The normalized spacial score (nSPS) is 18.8. The Morgan fingerprint density at radius 2 is 0.545 bits per heavy atom. The number of nitrogens with two attached hydrogens (primary N) is 9. The molecule has 0 aromatic rings. The van der Waals surface area contributed by atoms with Crippen molar-refractivity contribution in [2.45, 2.75) is 311 Å². The van der Waals surface area contributed by atoms with Gasteiger partial charge in [0.25, 0.3) is 0 Å². The second kappa shape index (κ2) is 62.3. The van der Waals surface area contributed by atoms with E-state index in [4.69, 9.17) is 94.9 Å². The molecule has 0 radical (unpaired) electrons. The zero-order chi connectivity index (χ0) is 108. The van der Waals surface area contributed by atoms with Gasteiger partial charge in [0.1, 0.15) is 90.6 Å². The zero-order valence-corrected chi connectivity index (χ0v) is 83.8. The number of carboxylic acids is 1. The summed E-state index contributed by atoms with van der Waals surface area (Å²) in [6.45, 7) is 9.28. The minimum absolute atomic E-state index is 0.000461. The molecule has 145 heavy (non-hydrogen) atoms. The number of guanidine groups is 8. The molecule has 5 fully saturated rings. The second-order valence-electron chi connectivity index (χ2n) is 37.5. The lowest BCUT2D eigenvalue weighted by molar-refractivity contribution is -0.148. The number of nitrogens with one attached hydrogen (secondary N) is 26. The van der Waals surface area contributed by atoms with E-state index in [1.165, 1.54) is 31.4 Å². The fourth-order valence-electron chi connectivity index (χ4n) is 17.9. The Morgan fingerprint density at radius 1 is 0.297 bits per heavy atom. The standard InChI is InChI=1S/C88H160N40O17/c1-6-48(4)64(123-69(133)53(23-10-36-109-84(96)97)115-66(130)50(89)20-7-33-106-81(90)91)74(138)120-56(26-13-39-112-87(102)103)76(140)124-41-15-29-60(124)72(136)119-55(25-12-38-111-86(100)101)77(141)128-45-19-32-63(128)79(143)127-44-18-31-62(127)71(135)117-52(22-9-35-108-83(94)95)68(132)122-58(46-47(2)3)78(142)126-43-17-28-59(126)70(134)116-51(21-8-34-107-82(92)93)67(131)114-49(5)65(129)118-54(24-11-37-110-85(98)99)75(139)125-42-16-30-61(125)73(137)121-57(80(144)145)27-14-40-113-88(104)105/h47-64H,6-46,89H2,1-5H3,(H,114,131)(H,115,130)(H,116,134)(H,117,135)(H,118,129)(H,119,136)(H,120,138)(H,121,137)(H,122,132)(H,123,133)(H,144,145)(H4,90,91,106)(H4,92,93,107)(H4,94,95,108)(H4,96,97,109)(H4,98,99,110)(H4,100,101,111)(H4,102,103,112)(H4,104,105,113)/t48-,49-,50-,51-,52-,53-,54-,55-,56-,57-,58-,59-,60-,61-,62-,63-,64-/m0/s1. The second-order valence-corrected chi connectivity index (χ2v) is 37.5. The quantitative estimate of drug-likeness (QED) is 0.0153. The molecule has 0 aliphatic carbocycles. The van der Waals surface area contributed by atoms with Gasteiger partial charge in [-0.25, -0.2) is 4.79 Å². The van der Waals surface area contributed by atoms with Crippen molar-refractivity contribution >= 4 is 142 Å². The van der Waals surface area contributed by atoms with Crippen molar-refractivity contribution in [2.24, 2.45) is 63.4 Å². The van der Waals surface area contributed by atoms with Gasteiger partial charge in [0.05, 0.1) is 6.04 Å². The van der Waals surface area contributed by atoms with Crippen LogP contribution in [0.5, 0.6) is 0 Å². The van der Waals surface area contributed by atoms with Crippen molar-refractivity contribution < 1.29 is 81.8 Å². The van der Waals surface area contributed by atoms with Gasteiger partial charge in [-0.15, -0.1) is 0 Å². The number of amides is 15. The molecule has 0 aromatic heterocycles. The van der Waals surface area contributed by atoms with E-state index in [0.29, 0.717) is 32.1 Å². The maximum absolute atomic E-state index is 15.3. The molecule has 45 N–H and O–H groups in total. The molecule has 0 aromatic carbocycles. The Labute approximate surface area is 843 Å². The SMILES string of the molecule is CC[C@H](C)[C@H](NC(=O)[C@H](CCCNC(=N)N)NC(=O)[C@@H](N)CCCNC(=N)N)C(=O)N[C@@H](CCCNC(=N)N)C(=O)N1CCC[C@H]1C(=O)N[C@@H](CCCNC(=N)N)C(=O)N1CCC[C@H]1C(=O)N1CCC[C@H]1C(=O)N[C@@H](CCCNC(=N)N)C(=O)N[C@@H](CC(C)C)C(=O)N1CCC[C@H]1C(=O)N[C@@H](CCCNC(=N)N)C(=O)N[C@@H](C)C(=O)N[C@@H](CCCNC(=N)N)C(=O)N1CCC[C@H]1C(=O)N[C@@H](CCCNC(=N)N)C(=O)O. The molecule has 5 saturated heterocycles. The fourth-order valence-corrected chi connectivity index (χ4v) is 17.9. The average Bonchev–Trinajstić information content (AvgIpc) is 1.67. The Morgan fingerprint density at radius 3 is 0.883 bits per heavy atom. The lowest BCUT2D eigenvalue weighted by Gasteiger charge is -2.34. The number of hydrogen-bond acceptors (Lipinski definition) is 25. The fraction of sp³-hybridized carbons (Fsp3) is 0.727. The van der Waals surface area contributed by atoms with Gasteiger partial charge in [0.2, 0.25) is 88.6 Å². The molecule has 5 rings (SSSR count). The van der Waals surface area contributed by atoms with Crippen LogP contribution in [0.25, 0.3) is 0 Å². The van der Waals surface area contributed by atoms with E-state index >= 15 is 33.6 Å². The minimum atomic E-state index is -1.43. The van der Waals surface area contributed by atoms with Crippen LogP contribution in [0.4, 0.5) is 0 Å². The molecule has 57 nitrogen and oxygen atoms in total. The van der Waals surface area contributed by atoms with Crippen molar-refractivity contribution in [3.8, 4) is 0 Å². The summed E-state index contributed by atoms with van der Waals surface area (Å²) in [5.74, 6) is -16.5. The van der Waals surface area contributed by atoms with Crippen molar-refractivity contribution in [2.75, 3.05) is 85.1 Å². The summed E-state index contributed by atoms with van der Waals surface area (Å²) < 4.78 is 0. The van der Waals surface area contributed by atoms with Crippen LogP contribution >= 0.6 is 0 Å². The monoisotopic (exact) mass is 2050 g/mol. The molecule has 0 saturated carbocycles. The summed E-state index contributed by atoms with van der Waals surface area (Å²) in [5, 5.41) is 120. The highest BCUT2D eigenvalue weighted by Gasteiger charge is 2.48. The van der Waals surface area contributed by atoms with Gasteiger partial charge in [0, 0.05) is 85.1 Å². The Bertz CT molecular complexity index is 4490. The molecule has 0 unspecified atom stereocenters. The van der Waals surface area contributed by atoms with Crippen LogP contribution in [0.15, 0.2) is 0 Å². The topological polar surface area (TPSA) is 951 Å². The number of rotatable bonds is 62. The molecule has 814 valence electrons. The lowest BCUT2D eigenvalue weighted by atomic mass is 9.96. The first kappa shape index (κ1) is 121. The number of likely N-dealkylation sites (tertiary alicyclic amines) is 5. The van der Waals surface area contributed by atoms with Gasteiger partial charge in [-0.05, 0) is 192 Å². The van der Waals surface area contributed by atoms with E-state index in [1.807, 2.05) is 0 Å². The van der Waals surface area contributed by atoms with Crippen molar-refractivity contribution in [3.63, 3.8) is 0 Å². The van der Waals surface area contributed by atoms with Gasteiger partial charge >= 0.3 is 5.97 Å². The van der Waals surface area contributed by atoms with E-state index in [2.05, 4.69) is 95.7 Å². The van der Waals surface area contributed by atoms with Crippen LogP contribution < -0.4 is 147 Å². The first-order valence-corrected chi connectivity index (χ1v) is 49.8. The van der Waals surface area contributed by atoms with Crippen molar-refractivity contribution in [3.05, 3.63) is 0 Å². The Balaban J connectivity index is 1.35. The first-order chi connectivity index (χ1) is 68.7. The number of carbonyl (C=O) groups excluding carboxylic acids is 15. The summed E-state index contributed by atoms with van der Waals surface area (Å²) in [4.78, 5) is 239. The Kier molecular flexibility index (Phi) is 52.0. The largest absolute Gasteiger partial charge is 0.480 e. The summed E-state index contributed by atoms with van der Waals surface area (Å²) in [5.41, 5.74) is 50.4. The molecule has 5 aliphatic heterocycles. The molecule has 5 aliphatic rings. The van der Waals surface area contributed by atoms with Gasteiger partial charge in [-0.2, -0.15) is 0 Å². The van der Waals surface area contributed by atoms with Gasteiger partial charge in [-0.3, -0.25) is 115 Å². The number of carbonyl (C=O) groups is 16. The third-order valence-electron chi connectivity index (χ3n) is 25.6. The number of carboxylic acid groups (broad SMARTS) is 1. The summed E-state index contributed by atoms with van der Waals surface area (Å²) in [6, 6.07) is -20.8. The van der Waals surface area contributed by atoms with E-state index in [1.54, 1.807) is 27.7 Å². The minimum Gasteiger partial charge on any atom is -0.480 e. The van der Waals surface area contributed by atoms with Crippen molar-refractivity contribution in [1.29, 1.82) is 43.3 Å². The molecular weight excluding hydrogens is 1890 g/mol. The van der Waals surface area contributed by atoms with Gasteiger partial charge in [0.15, 0.2) is 47.7 Å². The maximum Gasteiger partial charge on any atom is 0.326 e. The number of aliphatic carboxylic acids is 1. The van der Waals surface area contributed by atoms with Crippen LogP contribution in [0.2, 0.25) is 0 Å². The third kappa shape index (κ3) is 41.5. The van der Waals surface area contributed by atoms with Crippen molar-refractivity contribution in [1.82, 2.24) is 120 Å². The Hall–Kier alpha value is -14.4. The highest BCUT2D eigenvalue weighted by molar-refractivity contribution is 6.02. The van der Waals surface area contributed by atoms with Crippen LogP contribution in [0, 0.1) is 55.1 Å². The molecule has 57 heteroatoms. The van der Waals surface area contributed by atoms with E-state index in [0.717, 1.165) is 0 Å². The lowest BCUT2D eigenvalue weighted by Crippen LogP contribution is -2.61. The molecular formula is C88H160N40O17. The molecule has 0 spiro atoms. The first-order valence-electron chi connectivity index (χ1n) is 49.8. The predicted molar refractivity (Wildman–Crippen MR) is 536 cm³/mol. The third-order valence-corrected chi connectivity index (χ3v) is 25.6. The van der Waals surface area contributed by atoms with E-state index in [9.17, 15) is 48.3 Å². The van der Waals surface area contributed by atoms with Crippen LogP contribution in [0.3, 0.4) is 0 Å². The molecule has 15 amide bonds. The average molecular weight is 2050 g/mol. The highest BCUT2D eigenvalue weighted by Crippen LogP contribution is 2.30. The number of hydrogen-bond donors (Lipinski definition) is 36. The van der Waals surface area contributed by atoms with E-state index < -0.39 is 209 Å².